The van der Waals surface area contributed by atoms with Crippen molar-refractivity contribution in [3.8, 4) is 10.6 Å². The van der Waals surface area contributed by atoms with Gasteiger partial charge in [-0.25, -0.2) is 14.2 Å². The van der Waals surface area contributed by atoms with Crippen LogP contribution < -0.4 is 5.32 Å². The van der Waals surface area contributed by atoms with Crippen LogP contribution in [0.4, 0.5) is 9.18 Å². The number of rotatable bonds is 5. The number of amides is 3. The fourth-order valence-corrected chi connectivity index (χ4v) is 4.22. The van der Waals surface area contributed by atoms with Gasteiger partial charge in [0.2, 0.25) is 0 Å². The van der Waals surface area contributed by atoms with E-state index in [4.69, 9.17) is 0 Å². The van der Waals surface area contributed by atoms with Gasteiger partial charge in [0.05, 0.1) is 12.2 Å². The molecule has 1 aromatic heterocycles. The van der Waals surface area contributed by atoms with Crippen LogP contribution in [0.5, 0.6) is 0 Å². The van der Waals surface area contributed by atoms with Crippen LogP contribution in [-0.4, -0.2) is 21.8 Å². The molecule has 142 valence electrons. The van der Waals surface area contributed by atoms with Crippen molar-refractivity contribution >= 4 is 23.3 Å². The first-order valence-corrected chi connectivity index (χ1v) is 9.81. The third-order valence-electron chi connectivity index (χ3n) is 4.94. The van der Waals surface area contributed by atoms with E-state index in [0.717, 1.165) is 11.1 Å². The van der Waals surface area contributed by atoms with Crippen LogP contribution in [0.25, 0.3) is 10.6 Å². The van der Waals surface area contributed by atoms with Gasteiger partial charge in [-0.3, -0.25) is 9.69 Å². The zero-order valence-electron chi connectivity index (χ0n) is 15.2. The van der Waals surface area contributed by atoms with Crippen molar-refractivity contribution < 1.29 is 14.0 Å². The topological polar surface area (TPSA) is 62.3 Å². The molecule has 1 unspecified atom stereocenters. The Morgan fingerprint density at radius 2 is 1.82 bits per heavy atom. The second-order valence-corrected chi connectivity index (χ2v) is 7.46. The number of imide groups is 1. The summed E-state index contributed by atoms with van der Waals surface area (Å²) in [5.41, 5.74) is 1.13. The first kappa shape index (κ1) is 18.3. The average Bonchev–Trinajstić information content (AvgIpc) is 3.28. The fraction of sp³-hybridized carbons (Fsp3) is 0.190. The minimum atomic E-state index is -1.05. The Morgan fingerprint density at radius 3 is 2.50 bits per heavy atom. The van der Waals surface area contributed by atoms with Crippen LogP contribution in [-0.2, 0) is 16.9 Å². The lowest BCUT2D eigenvalue weighted by molar-refractivity contribution is -0.132. The smallest absolute Gasteiger partial charge is 0.319 e. The molecule has 1 aliphatic rings. The zero-order valence-corrected chi connectivity index (χ0v) is 16.0. The first-order chi connectivity index (χ1) is 13.5. The molecule has 1 saturated heterocycles. The van der Waals surface area contributed by atoms with E-state index in [9.17, 15) is 14.0 Å². The lowest BCUT2D eigenvalue weighted by Crippen LogP contribution is -2.43. The number of hydrogen-bond acceptors (Lipinski definition) is 4. The minimum absolute atomic E-state index is 0.0942. The standard InChI is InChI=1S/C21H18FN3O2S/c1-2-21(15-6-4-3-5-7-15)19(26)25(20(27)24-21)12-17-13-28-18(23-17)14-8-10-16(22)11-9-14/h3-11,13H,2,12H2,1H3,(H,24,27). The highest BCUT2D eigenvalue weighted by atomic mass is 32.1. The molecular formula is C21H18FN3O2S. The summed E-state index contributed by atoms with van der Waals surface area (Å²) in [6.07, 6.45) is 0.454. The molecule has 2 heterocycles. The Kier molecular flexibility index (Phi) is 4.68. The quantitative estimate of drug-likeness (QED) is 0.655. The zero-order chi connectivity index (χ0) is 19.7. The monoisotopic (exact) mass is 395 g/mol. The van der Waals surface area contributed by atoms with E-state index in [1.165, 1.54) is 28.4 Å². The number of benzene rings is 2. The summed E-state index contributed by atoms with van der Waals surface area (Å²) in [6, 6.07) is 14.9. The van der Waals surface area contributed by atoms with Crippen molar-refractivity contribution in [1.29, 1.82) is 0 Å². The molecule has 0 aliphatic carbocycles. The highest BCUT2D eigenvalue weighted by Gasteiger charge is 2.51. The summed E-state index contributed by atoms with van der Waals surface area (Å²) in [4.78, 5) is 31.5. The van der Waals surface area contributed by atoms with Crippen molar-refractivity contribution in [2.24, 2.45) is 0 Å². The van der Waals surface area contributed by atoms with E-state index in [0.29, 0.717) is 17.1 Å². The van der Waals surface area contributed by atoms with Crippen molar-refractivity contribution in [1.82, 2.24) is 15.2 Å². The van der Waals surface area contributed by atoms with Crippen LogP contribution in [0.2, 0.25) is 0 Å². The Balaban J connectivity index is 1.58. The van der Waals surface area contributed by atoms with Gasteiger partial charge in [0, 0.05) is 10.9 Å². The van der Waals surface area contributed by atoms with Gasteiger partial charge in [-0.15, -0.1) is 11.3 Å². The summed E-state index contributed by atoms with van der Waals surface area (Å²) in [5.74, 6) is -0.584. The molecule has 5 nitrogen and oxygen atoms in total. The number of thiazole rings is 1. The number of hydrogen-bond donors (Lipinski definition) is 1. The van der Waals surface area contributed by atoms with E-state index >= 15 is 0 Å². The highest BCUT2D eigenvalue weighted by molar-refractivity contribution is 7.13. The third kappa shape index (κ3) is 3.07. The Labute approximate surface area is 165 Å². The maximum absolute atomic E-state index is 13.2. The lowest BCUT2D eigenvalue weighted by atomic mass is 9.87. The maximum Gasteiger partial charge on any atom is 0.325 e. The number of halogens is 1. The fourth-order valence-electron chi connectivity index (χ4n) is 3.40. The molecule has 0 bridgehead atoms. The molecule has 0 saturated carbocycles. The molecule has 1 atom stereocenters. The van der Waals surface area contributed by atoms with Crippen molar-refractivity contribution in [2.75, 3.05) is 0 Å². The number of nitrogens with one attached hydrogen (secondary N) is 1. The molecule has 1 fully saturated rings. The molecule has 0 spiro atoms. The summed E-state index contributed by atoms with van der Waals surface area (Å²) in [6.45, 7) is 1.97. The lowest BCUT2D eigenvalue weighted by Gasteiger charge is -2.25. The summed E-state index contributed by atoms with van der Waals surface area (Å²) < 4.78 is 13.1. The van der Waals surface area contributed by atoms with Gasteiger partial charge in [-0.1, -0.05) is 37.3 Å². The average molecular weight is 395 g/mol. The van der Waals surface area contributed by atoms with E-state index in [1.54, 1.807) is 12.1 Å². The molecular weight excluding hydrogens is 377 g/mol. The van der Waals surface area contributed by atoms with Crippen LogP contribution >= 0.6 is 11.3 Å². The predicted molar refractivity (Wildman–Crippen MR) is 105 cm³/mol. The molecule has 28 heavy (non-hydrogen) atoms. The Hall–Kier alpha value is -3.06. The Morgan fingerprint density at radius 1 is 1.11 bits per heavy atom. The van der Waals surface area contributed by atoms with Crippen molar-refractivity contribution in [3.05, 3.63) is 77.1 Å². The van der Waals surface area contributed by atoms with Crippen LogP contribution in [0, 0.1) is 5.82 Å². The number of nitrogens with zero attached hydrogens (tertiary/aromatic N) is 2. The van der Waals surface area contributed by atoms with Crippen molar-refractivity contribution in [3.63, 3.8) is 0 Å². The van der Waals surface area contributed by atoms with Gasteiger partial charge in [0.25, 0.3) is 5.91 Å². The SMILES string of the molecule is CCC1(c2ccccc2)NC(=O)N(Cc2csc(-c3ccc(F)cc3)n2)C1=O. The van der Waals surface area contributed by atoms with E-state index in [2.05, 4.69) is 10.3 Å². The predicted octanol–water partition coefficient (Wildman–Crippen LogP) is 4.31. The maximum atomic E-state index is 13.2. The first-order valence-electron chi connectivity index (χ1n) is 8.93. The second kappa shape index (κ2) is 7.16. The van der Waals surface area contributed by atoms with Gasteiger partial charge < -0.3 is 5.32 Å². The molecule has 7 heteroatoms. The molecule has 4 rings (SSSR count). The summed E-state index contributed by atoms with van der Waals surface area (Å²) >= 11 is 1.39. The molecule has 2 aromatic carbocycles. The van der Waals surface area contributed by atoms with Gasteiger partial charge in [0.15, 0.2) is 0 Å². The van der Waals surface area contributed by atoms with Gasteiger partial charge in [0.1, 0.15) is 16.4 Å². The normalized spacial score (nSPS) is 19.1. The minimum Gasteiger partial charge on any atom is -0.319 e. The van der Waals surface area contributed by atoms with Crippen molar-refractivity contribution in [2.45, 2.75) is 25.4 Å². The molecule has 3 aromatic rings. The molecule has 1 aliphatic heterocycles. The van der Waals surface area contributed by atoms with Crippen LogP contribution in [0.15, 0.2) is 60.0 Å². The highest BCUT2D eigenvalue weighted by Crippen LogP contribution is 2.33. The van der Waals surface area contributed by atoms with Crippen LogP contribution in [0.1, 0.15) is 24.6 Å². The van der Waals surface area contributed by atoms with Gasteiger partial charge >= 0.3 is 6.03 Å². The third-order valence-corrected chi connectivity index (χ3v) is 5.88. The van der Waals surface area contributed by atoms with Gasteiger partial charge in [-0.05, 0) is 36.2 Å². The van der Waals surface area contributed by atoms with E-state index < -0.39 is 11.6 Å². The summed E-state index contributed by atoms with van der Waals surface area (Å²) in [7, 11) is 0. The molecule has 3 amide bonds. The number of urea groups is 1. The number of carbonyl (C=O) groups excluding carboxylic acids is 2. The number of aromatic nitrogens is 1. The Bertz CT molecular complexity index is 1020. The number of carbonyl (C=O) groups is 2. The van der Waals surface area contributed by atoms with E-state index in [-0.39, 0.29) is 18.3 Å². The molecule has 0 radical (unpaired) electrons. The molecule has 1 N–H and O–H groups in total. The summed E-state index contributed by atoms with van der Waals surface area (Å²) in [5, 5.41) is 5.40. The second-order valence-electron chi connectivity index (χ2n) is 6.60. The van der Waals surface area contributed by atoms with Gasteiger partial charge in [-0.2, -0.15) is 0 Å². The van der Waals surface area contributed by atoms with E-state index in [1.807, 2.05) is 42.6 Å². The van der Waals surface area contributed by atoms with Crippen LogP contribution in [0.3, 0.4) is 0 Å². The largest absolute Gasteiger partial charge is 0.325 e.